The molecule has 0 radical (unpaired) electrons. The van der Waals surface area contributed by atoms with E-state index in [1.54, 1.807) is 26.4 Å². The number of likely N-dealkylation sites (tertiary alicyclic amines) is 1. The van der Waals surface area contributed by atoms with E-state index in [4.69, 9.17) is 9.47 Å². The second-order valence-electron chi connectivity index (χ2n) is 4.20. The number of ether oxygens (including phenoxy) is 2. The smallest absolute Gasteiger partial charge is 0.193 e. The quantitative estimate of drug-likeness (QED) is 0.797. The van der Waals surface area contributed by atoms with Gasteiger partial charge in [0.05, 0.1) is 13.1 Å². The number of benzene rings is 1. The van der Waals surface area contributed by atoms with Crippen molar-refractivity contribution in [3.8, 4) is 0 Å². The van der Waals surface area contributed by atoms with Gasteiger partial charge in [-0.1, -0.05) is 15.9 Å². The van der Waals surface area contributed by atoms with Crippen LogP contribution in [0.15, 0.2) is 22.7 Å². The fourth-order valence-corrected chi connectivity index (χ4v) is 2.40. The van der Waals surface area contributed by atoms with Crippen LogP contribution in [0.5, 0.6) is 0 Å². The molecule has 1 saturated heterocycles. The van der Waals surface area contributed by atoms with Gasteiger partial charge < -0.3 is 9.47 Å². The second-order valence-corrected chi connectivity index (χ2v) is 5.12. The molecule has 0 aliphatic carbocycles. The Labute approximate surface area is 109 Å². The summed E-state index contributed by atoms with van der Waals surface area (Å²) in [5, 5.41) is 0. The maximum atomic E-state index is 13.5. The molecule has 17 heavy (non-hydrogen) atoms. The summed E-state index contributed by atoms with van der Waals surface area (Å²) in [5.41, 5.74) is 0.681. The van der Waals surface area contributed by atoms with Crippen molar-refractivity contribution in [2.75, 3.05) is 27.3 Å². The van der Waals surface area contributed by atoms with Crippen LogP contribution in [-0.4, -0.2) is 38.0 Å². The van der Waals surface area contributed by atoms with E-state index in [2.05, 4.69) is 20.8 Å². The highest BCUT2D eigenvalue weighted by molar-refractivity contribution is 9.10. The van der Waals surface area contributed by atoms with Crippen LogP contribution < -0.4 is 0 Å². The molecular weight excluding hydrogens is 289 g/mol. The lowest BCUT2D eigenvalue weighted by Crippen LogP contribution is -2.63. The molecule has 5 heteroatoms. The van der Waals surface area contributed by atoms with E-state index < -0.39 is 5.79 Å². The molecule has 1 aromatic rings. The average Bonchev–Trinajstić information content (AvgIpc) is 2.27. The lowest BCUT2D eigenvalue weighted by Gasteiger charge is -2.47. The van der Waals surface area contributed by atoms with Crippen LogP contribution in [0.4, 0.5) is 4.39 Å². The van der Waals surface area contributed by atoms with Gasteiger partial charge in [-0.25, -0.2) is 4.39 Å². The number of hydrogen-bond donors (Lipinski definition) is 0. The van der Waals surface area contributed by atoms with Gasteiger partial charge in [-0.3, -0.25) is 4.90 Å². The van der Waals surface area contributed by atoms with Crippen LogP contribution >= 0.6 is 15.9 Å². The highest BCUT2D eigenvalue weighted by Gasteiger charge is 2.43. The molecule has 0 spiro atoms. The molecule has 1 fully saturated rings. The van der Waals surface area contributed by atoms with Gasteiger partial charge in [0, 0.05) is 30.8 Å². The van der Waals surface area contributed by atoms with Crippen molar-refractivity contribution < 1.29 is 13.9 Å². The van der Waals surface area contributed by atoms with Crippen LogP contribution in [0.3, 0.4) is 0 Å². The minimum absolute atomic E-state index is 0.180. The van der Waals surface area contributed by atoms with E-state index in [9.17, 15) is 4.39 Å². The molecule has 3 nitrogen and oxygen atoms in total. The Morgan fingerprint density at radius 2 is 2.00 bits per heavy atom. The van der Waals surface area contributed by atoms with E-state index in [0.29, 0.717) is 25.2 Å². The van der Waals surface area contributed by atoms with E-state index >= 15 is 0 Å². The molecule has 0 bridgehead atoms. The summed E-state index contributed by atoms with van der Waals surface area (Å²) in [6.07, 6.45) is 0. The number of methoxy groups -OCH3 is 2. The normalized spacial score (nSPS) is 19.1. The SMILES string of the molecule is COC1(OC)CN(Cc2cc(Br)ccc2F)C1. The first-order chi connectivity index (χ1) is 8.08. The van der Waals surface area contributed by atoms with Gasteiger partial charge >= 0.3 is 0 Å². The Balaban J connectivity index is 1.98. The molecule has 2 rings (SSSR count). The van der Waals surface area contributed by atoms with Gasteiger partial charge in [-0.2, -0.15) is 0 Å². The second kappa shape index (κ2) is 5.02. The van der Waals surface area contributed by atoms with Crippen LogP contribution in [0, 0.1) is 5.82 Å². The largest absolute Gasteiger partial charge is 0.351 e. The van der Waals surface area contributed by atoms with Gasteiger partial charge in [0.2, 0.25) is 0 Å². The van der Waals surface area contributed by atoms with Crippen molar-refractivity contribution in [3.63, 3.8) is 0 Å². The lowest BCUT2D eigenvalue weighted by atomic mass is 10.1. The van der Waals surface area contributed by atoms with Gasteiger partial charge in [0.15, 0.2) is 5.79 Å². The Hall–Kier alpha value is -0.490. The third-order valence-corrected chi connectivity index (χ3v) is 3.57. The summed E-state index contributed by atoms with van der Waals surface area (Å²) >= 11 is 3.34. The fraction of sp³-hybridized carbons (Fsp3) is 0.500. The van der Waals surface area contributed by atoms with E-state index in [1.807, 2.05) is 0 Å². The standard InChI is InChI=1S/C12H15BrFNO2/c1-16-12(17-2)7-15(8-12)6-9-5-10(13)3-4-11(9)14/h3-5H,6-8H2,1-2H3. The Morgan fingerprint density at radius 1 is 1.35 bits per heavy atom. The Morgan fingerprint density at radius 3 is 2.59 bits per heavy atom. The summed E-state index contributed by atoms with van der Waals surface area (Å²) < 4.78 is 25.0. The number of rotatable bonds is 4. The molecule has 1 aromatic carbocycles. The summed E-state index contributed by atoms with van der Waals surface area (Å²) in [6, 6.07) is 4.97. The van der Waals surface area contributed by atoms with E-state index in [-0.39, 0.29) is 5.82 Å². The average molecular weight is 304 g/mol. The summed E-state index contributed by atoms with van der Waals surface area (Å²) in [4.78, 5) is 2.08. The molecule has 0 saturated carbocycles. The highest BCUT2D eigenvalue weighted by Crippen LogP contribution is 2.28. The summed E-state index contributed by atoms with van der Waals surface area (Å²) in [5.74, 6) is -0.691. The number of nitrogens with zero attached hydrogens (tertiary/aromatic N) is 1. The van der Waals surface area contributed by atoms with Crippen molar-refractivity contribution >= 4 is 15.9 Å². The molecule has 1 aliphatic heterocycles. The van der Waals surface area contributed by atoms with Gasteiger partial charge in [-0.05, 0) is 18.2 Å². The third-order valence-electron chi connectivity index (χ3n) is 3.07. The first-order valence-electron chi connectivity index (χ1n) is 5.35. The predicted octanol–water partition coefficient (Wildman–Crippen LogP) is 2.39. The van der Waals surface area contributed by atoms with Crippen LogP contribution in [0.2, 0.25) is 0 Å². The van der Waals surface area contributed by atoms with Crippen LogP contribution in [-0.2, 0) is 16.0 Å². The number of halogens is 2. The van der Waals surface area contributed by atoms with Crippen molar-refractivity contribution in [2.45, 2.75) is 12.3 Å². The topological polar surface area (TPSA) is 21.7 Å². The molecular formula is C12H15BrFNO2. The Kier molecular flexibility index (Phi) is 3.82. The highest BCUT2D eigenvalue weighted by atomic mass is 79.9. The van der Waals surface area contributed by atoms with Crippen LogP contribution in [0.25, 0.3) is 0 Å². The zero-order chi connectivity index (χ0) is 12.5. The summed E-state index contributed by atoms with van der Waals surface area (Å²) in [7, 11) is 3.25. The Bertz CT molecular complexity index is 401. The van der Waals surface area contributed by atoms with Gasteiger partial charge in [-0.15, -0.1) is 0 Å². The zero-order valence-electron chi connectivity index (χ0n) is 9.87. The molecule has 1 aliphatic rings. The van der Waals surface area contributed by atoms with Crippen molar-refractivity contribution in [1.82, 2.24) is 4.90 Å². The van der Waals surface area contributed by atoms with Gasteiger partial charge in [0.25, 0.3) is 0 Å². The minimum Gasteiger partial charge on any atom is -0.351 e. The third kappa shape index (κ3) is 2.68. The lowest BCUT2D eigenvalue weighted by molar-refractivity contribution is -0.277. The van der Waals surface area contributed by atoms with Crippen molar-refractivity contribution in [3.05, 3.63) is 34.1 Å². The van der Waals surface area contributed by atoms with Crippen LogP contribution in [0.1, 0.15) is 5.56 Å². The van der Waals surface area contributed by atoms with E-state index in [1.165, 1.54) is 6.07 Å². The summed E-state index contributed by atoms with van der Waals surface area (Å²) in [6.45, 7) is 1.89. The molecule has 0 aromatic heterocycles. The molecule has 0 N–H and O–H groups in total. The first kappa shape index (κ1) is 13.0. The fourth-order valence-electron chi connectivity index (χ4n) is 1.99. The van der Waals surface area contributed by atoms with E-state index in [0.717, 1.165) is 4.47 Å². The molecule has 0 unspecified atom stereocenters. The predicted molar refractivity (Wildman–Crippen MR) is 66.1 cm³/mol. The maximum absolute atomic E-state index is 13.5. The van der Waals surface area contributed by atoms with Gasteiger partial charge in [0.1, 0.15) is 5.82 Å². The van der Waals surface area contributed by atoms with Crippen molar-refractivity contribution in [1.29, 1.82) is 0 Å². The maximum Gasteiger partial charge on any atom is 0.193 e. The molecule has 94 valence electrons. The monoisotopic (exact) mass is 303 g/mol. The minimum atomic E-state index is -0.511. The van der Waals surface area contributed by atoms with Crippen molar-refractivity contribution in [2.24, 2.45) is 0 Å². The zero-order valence-corrected chi connectivity index (χ0v) is 11.5. The first-order valence-corrected chi connectivity index (χ1v) is 6.14. The molecule has 0 atom stereocenters. The molecule has 0 amide bonds. The molecule has 1 heterocycles. The number of hydrogen-bond acceptors (Lipinski definition) is 3.